The predicted molar refractivity (Wildman–Crippen MR) is 90.1 cm³/mol. The molecule has 2 aromatic rings. The summed E-state index contributed by atoms with van der Waals surface area (Å²) in [5.41, 5.74) is 1.00. The van der Waals surface area contributed by atoms with Gasteiger partial charge in [-0.15, -0.1) is 0 Å². The molecule has 2 rings (SSSR count). The summed E-state index contributed by atoms with van der Waals surface area (Å²) in [6.45, 7) is 6.61. The summed E-state index contributed by atoms with van der Waals surface area (Å²) < 4.78 is 41.8. The molecule has 2 amide bonds. The standard InChI is InChI=1S/C17H21F3N4O3/c1-16(2,3)10-21-15(25)24(26-4)9-11-5-7-12(8-6-11)13-22-14(27-23-13)17(18,19)20/h5-8H,9-10H2,1-4H3,(H,21,25). The van der Waals surface area contributed by atoms with E-state index in [9.17, 15) is 18.0 Å². The van der Waals surface area contributed by atoms with Crippen molar-refractivity contribution < 1.29 is 27.3 Å². The van der Waals surface area contributed by atoms with E-state index >= 15 is 0 Å². The molecule has 148 valence electrons. The zero-order valence-corrected chi connectivity index (χ0v) is 15.4. The summed E-state index contributed by atoms with van der Waals surface area (Å²) in [4.78, 5) is 20.6. The second-order valence-corrected chi connectivity index (χ2v) is 7.06. The summed E-state index contributed by atoms with van der Waals surface area (Å²) in [7, 11) is 1.38. The van der Waals surface area contributed by atoms with E-state index < -0.39 is 12.1 Å². The van der Waals surface area contributed by atoms with Gasteiger partial charge in [0.15, 0.2) is 0 Å². The number of nitrogens with one attached hydrogen (secondary N) is 1. The molecule has 0 fully saturated rings. The lowest BCUT2D eigenvalue weighted by Crippen LogP contribution is -2.42. The van der Waals surface area contributed by atoms with Gasteiger partial charge in [0.05, 0.1) is 13.7 Å². The molecular weight excluding hydrogens is 365 g/mol. The molecule has 0 unspecified atom stereocenters. The van der Waals surface area contributed by atoms with Crippen molar-refractivity contribution in [2.75, 3.05) is 13.7 Å². The summed E-state index contributed by atoms with van der Waals surface area (Å²) in [5, 5.41) is 7.25. The molecule has 0 radical (unpaired) electrons. The fourth-order valence-electron chi connectivity index (χ4n) is 2.03. The van der Waals surface area contributed by atoms with Crippen LogP contribution < -0.4 is 5.32 Å². The molecule has 0 spiro atoms. The first-order valence-electron chi connectivity index (χ1n) is 8.09. The molecule has 0 saturated carbocycles. The highest BCUT2D eigenvalue weighted by molar-refractivity contribution is 5.73. The Labute approximate surface area is 154 Å². The number of hydrogen-bond acceptors (Lipinski definition) is 5. The van der Waals surface area contributed by atoms with Crippen molar-refractivity contribution in [3.8, 4) is 11.4 Å². The monoisotopic (exact) mass is 386 g/mol. The normalized spacial score (nSPS) is 12.1. The Morgan fingerprint density at radius 2 is 1.85 bits per heavy atom. The summed E-state index contributed by atoms with van der Waals surface area (Å²) in [6, 6.07) is 5.98. The third-order valence-corrected chi connectivity index (χ3v) is 3.42. The number of amides is 2. The third-order valence-electron chi connectivity index (χ3n) is 3.42. The highest BCUT2D eigenvalue weighted by Crippen LogP contribution is 2.29. The summed E-state index contributed by atoms with van der Waals surface area (Å²) in [6.07, 6.45) is -4.69. The zero-order valence-electron chi connectivity index (χ0n) is 15.4. The summed E-state index contributed by atoms with van der Waals surface area (Å²) >= 11 is 0. The molecule has 7 nitrogen and oxygen atoms in total. The van der Waals surface area contributed by atoms with E-state index in [0.717, 1.165) is 5.06 Å². The number of urea groups is 1. The van der Waals surface area contributed by atoms with E-state index in [1.165, 1.54) is 7.11 Å². The van der Waals surface area contributed by atoms with Gasteiger partial charge in [-0.1, -0.05) is 50.2 Å². The number of halogens is 3. The second kappa shape index (κ2) is 7.95. The van der Waals surface area contributed by atoms with Gasteiger partial charge >= 0.3 is 18.1 Å². The molecular formula is C17H21F3N4O3. The van der Waals surface area contributed by atoms with Crippen molar-refractivity contribution in [2.45, 2.75) is 33.5 Å². The first-order chi connectivity index (χ1) is 12.5. The number of hydroxylamine groups is 2. The first-order valence-corrected chi connectivity index (χ1v) is 8.09. The van der Waals surface area contributed by atoms with Crippen LogP contribution in [0.2, 0.25) is 0 Å². The van der Waals surface area contributed by atoms with Crippen molar-refractivity contribution >= 4 is 6.03 Å². The van der Waals surface area contributed by atoms with E-state index in [1.807, 2.05) is 20.8 Å². The largest absolute Gasteiger partial charge is 0.471 e. The van der Waals surface area contributed by atoms with Gasteiger partial charge in [-0.3, -0.25) is 4.84 Å². The SMILES string of the molecule is CON(Cc1ccc(-c2noc(C(F)(F)F)n2)cc1)C(=O)NCC(C)(C)C. The fourth-order valence-corrected chi connectivity index (χ4v) is 2.03. The Balaban J connectivity index is 2.03. The maximum atomic E-state index is 12.5. The highest BCUT2D eigenvalue weighted by Gasteiger charge is 2.38. The molecule has 0 saturated heterocycles. The van der Waals surface area contributed by atoms with Crippen LogP contribution in [0.1, 0.15) is 32.2 Å². The molecule has 0 aliphatic rings. The minimum atomic E-state index is -4.69. The number of hydrogen-bond donors (Lipinski definition) is 1. The van der Waals surface area contributed by atoms with Crippen LogP contribution in [0, 0.1) is 5.41 Å². The number of carbonyl (C=O) groups is 1. The van der Waals surface area contributed by atoms with Crippen molar-refractivity contribution in [2.24, 2.45) is 5.41 Å². The molecule has 0 atom stereocenters. The van der Waals surface area contributed by atoms with Gasteiger partial charge in [0.1, 0.15) is 0 Å². The van der Waals surface area contributed by atoms with Gasteiger partial charge in [0, 0.05) is 12.1 Å². The third kappa shape index (κ3) is 5.95. The Morgan fingerprint density at radius 1 is 1.22 bits per heavy atom. The van der Waals surface area contributed by atoms with Gasteiger partial charge in [-0.05, 0) is 11.0 Å². The minimum absolute atomic E-state index is 0.0728. The second-order valence-electron chi connectivity index (χ2n) is 7.06. The average Bonchev–Trinajstić information content (AvgIpc) is 3.08. The molecule has 1 aromatic heterocycles. The smallest absolute Gasteiger partial charge is 0.336 e. The lowest BCUT2D eigenvalue weighted by molar-refractivity contribution is -0.159. The van der Waals surface area contributed by atoms with E-state index in [4.69, 9.17) is 4.84 Å². The molecule has 0 bridgehead atoms. The molecule has 0 aliphatic heterocycles. The Kier molecular flexibility index (Phi) is 6.09. The van der Waals surface area contributed by atoms with Gasteiger partial charge < -0.3 is 9.84 Å². The van der Waals surface area contributed by atoms with E-state index in [2.05, 4.69) is 20.0 Å². The van der Waals surface area contributed by atoms with Crippen LogP contribution in [-0.2, 0) is 17.6 Å². The summed E-state index contributed by atoms with van der Waals surface area (Å²) in [5.74, 6) is -1.57. The lowest BCUT2D eigenvalue weighted by atomic mass is 9.97. The van der Waals surface area contributed by atoms with E-state index in [1.54, 1.807) is 24.3 Å². The van der Waals surface area contributed by atoms with Crippen LogP contribution >= 0.6 is 0 Å². The van der Waals surface area contributed by atoms with Gasteiger partial charge in [0.25, 0.3) is 0 Å². The van der Waals surface area contributed by atoms with Crippen molar-refractivity contribution in [3.63, 3.8) is 0 Å². The number of nitrogens with zero attached hydrogens (tertiary/aromatic N) is 3. The van der Waals surface area contributed by atoms with Crippen LogP contribution in [0.15, 0.2) is 28.8 Å². The Bertz CT molecular complexity index is 767. The van der Waals surface area contributed by atoms with Crippen LogP contribution in [0.4, 0.5) is 18.0 Å². The number of benzene rings is 1. The first kappa shape index (κ1) is 20.7. The maximum absolute atomic E-state index is 12.5. The van der Waals surface area contributed by atoms with Gasteiger partial charge in [0.2, 0.25) is 5.82 Å². The predicted octanol–water partition coefficient (Wildman–Crippen LogP) is 3.87. The highest BCUT2D eigenvalue weighted by atomic mass is 19.4. The number of carbonyl (C=O) groups excluding carboxylic acids is 1. The molecule has 1 heterocycles. The molecule has 0 aliphatic carbocycles. The number of aromatic nitrogens is 2. The van der Waals surface area contributed by atoms with Gasteiger partial charge in [-0.25, -0.2) is 4.79 Å². The Morgan fingerprint density at radius 3 is 2.33 bits per heavy atom. The van der Waals surface area contributed by atoms with Crippen molar-refractivity contribution in [1.82, 2.24) is 20.5 Å². The topological polar surface area (TPSA) is 80.5 Å². The fraction of sp³-hybridized carbons (Fsp3) is 0.471. The minimum Gasteiger partial charge on any atom is -0.336 e. The molecule has 1 N–H and O–H groups in total. The quantitative estimate of drug-likeness (QED) is 0.789. The van der Waals surface area contributed by atoms with Crippen LogP contribution in [0.25, 0.3) is 11.4 Å². The van der Waals surface area contributed by atoms with Crippen molar-refractivity contribution in [3.05, 3.63) is 35.7 Å². The zero-order chi connectivity index (χ0) is 20.2. The van der Waals surface area contributed by atoms with Crippen LogP contribution in [0.5, 0.6) is 0 Å². The van der Waals surface area contributed by atoms with Crippen molar-refractivity contribution in [1.29, 1.82) is 0 Å². The number of rotatable bonds is 5. The Hall–Kier alpha value is -2.62. The van der Waals surface area contributed by atoms with Crippen LogP contribution in [-0.4, -0.2) is 34.9 Å². The molecule has 10 heteroatoms. The van der Waals surface area contributed by atoms with Crippen LogP contribution in [0.3, 0.4) is 0 Å². The lowest BCUT2D eigenvalue weighted by Gasteiger charge is -2.24. The maximum Gasteiger partial charge on any atom is 0.471 e. The van der Waals surface area contributed by atoms with E-state index in [0.29, 0.717) is 17.7 Å². The molecule has 27 heavy (non-hydrogen) atoms. The average molecular weight is 386 g/mol. The number of alkyl halides is 3. The molecule has 1 aromatic carbocycles. The van der Waals surface area contributed by atoms with Gasteiger partial charge in [-0.2, -0.15) is 23.2 Å². The van der Waals surface area contributed by atoms with E-state index in [-0.39, 0.29) is 23.8 Å².